The number of aliphatic hydroxyl groups is 1. The Labute approximate surface area is 204 Å². The van der Waals surface area contributed by atoms with E-state index in [1.807, 2.05) is 30.3 Å². The van der Waals surface area contributed by atoms with Gasteiger partial charge in [-0.05, 0) is 48.3 Å². The van der Waals surface area contributed by atoms with Crippen LogP contribution in [0.2, 0.25) is 0 Å². The number of benzene rings is 4. The Hall–Kier alpha value is -3.73. The topological polar surface area (TPSA) is 84.2 Å². The van der Waals surface area contributed by atoms with E-state index in [4.69, 9.17) is 0 Å². The molecule has 36 heavy (non-hydrogen) atoms. The minimum Gasteiger partial charge on any atom is -0.372 e. The molecule has 0 fully saturated rings. The zero-order valence-electron chi connectivity index (χ0n) is 18.9. The Morgan fingerprint density at radius 3 is 2.22 bits per heavy atom. The molecule has 1 aromatic heterocycles. The Morgan fingerprint density at radius 1 is 0.889 bits per heavy atom. The summed E-state index contributed by atoms with van der Waals surface area (Å²) >= 11 is 0. The molecule has 5 aromatic rings. The number of sulfonamides is 1. The van der Waals surface area contributed by atoms with Crippen LogP contribution in [0.25, 0.3) is 27.4 Å². The monoisotopic (exact) mass is 511 g/mol. The molecule has 0 aliphatic rings. The average molecular weight is 512 g/mol. The lowest BCUT2D eigenvalue weighted by Gasteiger charge is -2.33. The third-order valence-corrected chi connectivity index (χ3v) is 7.70. The fourth-order valence-electron chi connectivity index (χ4n) is 4.44. The van der Waals surface area contributed by atoms with Crippen LogP contribution in [0.4, 0.5) is 13.2 Å². The highest BCUT2D eigenvalue weighted by atomic mass is 32.2. The van der Waals surface area contributed by atoms with Gasteiger partial charge >= 0.3 is 6.18 Å². The Kier molecular flexibility index (Phi) is 5.62. The van der Waals surface area contributed by atoms with Crippen LogP contribution < -0.4 is 4.72 Å². The van der Waals surface area contributed by atoms with E-state index in [1.54, 1.807) is 4.68 Å². The maximum Gasteiger partial charge on any atom is 0.425 e. The quantitative estimate of drug-likeness (QED) is 0.352. The van der Waals surface area contributed by atoms with Gasteiger partial charge in [-0.3, -0.25) is 0 Å². The first-order chi connectivity index (χ1) is 17.1. The summed E-state index contributed by atoms with van der Waals surface area (Å²) in [6, 6.07) is 20.9. The molecule has 0 aliphatic heterocycles. The molecule has 0 amide bonds. The van der Waals surface area contributed by atoms with Gasteiger partial charge in [-0.1, -0.05) is 54.6 Å². The number of nitrogens with zero attached hydrogens (tertiary/aromatic N) is 2. The lowest BCUT2D eigenvalue weighted by atomic mass is 9.82. The Balaban J connectivity index is 1.75. The third kappa shape index (κ3) is 3.65. The van der Waals surface area contributed by atoms with Crippen LogP contribution in [-0.4, -0.2) is 36.5 Å². The number of para-hydroxylation sites is 1. The van der Waals surface area contributed by atoms with E-state index in [1.165, 1.54) is 55.7 Å². The van der Waals surface area contributed by atoms with Crippen molar-refractivity contribution in [2.45, 2.75) is 16.7 Å². The van der Waals surface area contributed by atoms with Crippen molar-refractivity contribution >= 4 is 31.7 Å². The summed E-state index contributed by atoms with van der Waals surface area (Å²) < 4.78 is 72.8. The second-order valence-electron chi connectivity index (χ2n) is 8.24. The van der Waals surface area contributed by atoms with Crippen LogP contribution in [0.1, 0.15) is 11.1 Å². The molecule has 0 spiro atoms. The molecule has 6 nitrogen and oxygen atoms in total. The fraction of sp³-hybridized carbons (Fsp3) is 0.115. The van der Waals surface area contributed by atoms with Crippen LogP contribution in [0.15, 0.2) is 96.0 Å². The number of hydrogen-bond acceptors (Lipinski definition) is 4. The van der Waals surface area contributed by atoms with Crippen LogP contribution >= 0.6 is 0 Å². The molecular weight excluding hydrogens is 491 g/mol. The number of alkyl halides is 3. The molecule has 4 aromatic carbocycles. The molecule has 0 bridgehead atoms. The van der Waals surface area contributed by atoms with Crippen molar-refractivity contribution in [3.63, 3.8) is 0 Å². The standard InChI is InChI=1S/C26H20F3N3O3S/c1-30-36(34,35)24-14-12-22(20-9-5-6-10-21(20)24)25(33,26(27,28)29)18-11-13-23-17(15-18)16-31-32(23)19-7-3-2-4-8-19/h2-16,30,33H,1H3. The van der Waals surface area contributed by atoms with Crippen LogP contribution in [0.3, 0.4) is 0 Å². The molecule has 10 heteroatoms. The summed E-state index contributed by atoms with van der Waals surface area (Å²) in [5, 5.41) is 16.1. The van der Waals surface area contributed by atoms with Crippen LogP contribution in [0.5, 0.6) is 0 Å². The van der Waals surface area contributed by atoms with Crippen LogP contribution in [-0.2, 0) is 15.6 Å². The zero-order chi connectivity index (χ0) is 25.7. The van der Waals surface area contributed by atoms with Gasteiger partial charge in [0.15, 0.2) is 0 Å². The van der Waals surface area contributed by atoms with Crippen molar-refractivity contribution in [3.05, 3.63) is 102 Å². The Bertz CT molecular complexity index is 1700. The van der Waals surface area contributed by atoms with E-state index in [0.29, 0.717) is 10.9 Å². The van der Waals surface area contributed by atoms with Gasteiger partial charge in [0.2, 0.25) is 15.6 Å². The summed E-state index contributed by atoms with van der Waals surface area (Å²) in [6.07, 6.45) is -3.69. The molecule has 0 saturated heterocycles. The second kappa shape index (κ2) is 8.44. The molecular formula is C26H20F3N3O3S. The minimum atomic E-state index is -5.12. The van der Waals surface area contributed by atoms with Crippen molar-refractivity contribution in [2.24, 2.45) is 0 Å². The number of aromatic nitrogens is 2. The van der Waals surface area contributed by atoms with E-state index >= 15 is 0 Å². The third-order valence-electron chi connectivity index (χ3n) is 6.23. The fourth-order valence-corrected chi connectivity index (χ4v) is 5.37. The van der Waals surface area contributed by atoms with E-state index in [0.717, 1.165) is 17.8 Å². The summed E-state index contributed by atoms with van der Waals surface area (Å²) in [5.74, 6) is 0. The smallest absolute Gasteiger partial charge is 0.372 e. The first kappa shape index (κ1) is 24.0. The predicted molar refractivity (Wildman–Crippen MR) is 130 cm³/mol. The van der Waals surface area contributed by atoms with Crippen LogP contribution in [0, 0.1) is 0 Å². The van der Waals surface area contributed by atoms with Crippen molar-refractivity contribution < 1.29 is 26.7 Å². The van der Waals surface area contributed by atoms with Gasteiger partial charge in [-0.15, -0.1) is 0 Å². The molecule has 0 saturated carbocycles. The normalized spacial score (nSPS) is 14.2. The van der Waals surface area contributed by atoms with Crippen molar-refractivity contribution in [2.75, 3.05) is 7.05 Å². The summed E-state index contributed by atoms with van der Waals surface area (Å²) in [4.78, 5) is -0.187. The summed E-state index contributed by atoms with van der Waals surface area (Å²) in [6.45, 7) is 0. The lowest BCUT2D eigenvalue weighted by Crippen LogP contribution is -2.43. The van der Waals surface area contributed by atoms with Crippen molar-refractivity contribution in [1.82, 2.24) is 14.5 Å². The maximum absolute atomic E-state index is 14.7. The molecule has 5 rings (SSSR count). The molecule has 1 atom stereocenters. The van der Waals surface area contributed by atoms with Gasteiger partial charge in [0, 0.05) is 16.3 Å². The largest absolute Gasteiger partial charge is 0.425 e. The highest BCUT2D eigenvalue weighted by molar-refractivity contribution is 7.89. The molecule has 184 valence electrons. The second-order valence-corrected chi connectivity index (χ2v) is 10.1. The lowest BCUT2D eigenvalue weighted by molar-refractivity contribution is -0.247. The van der Waals surface area contributed by atoms with E-state index < -0.39 is 32.9 Å². The Morgan fingerprint density at radius 2 is 1.56 bits per heavy atom. The highest BCUT2D eigenvalue weighted by Gasteiger charge is 2.57. The summed E-state index contributed by atoms with van der Waals surface area (Å²) in [7, 11) is -2.75. The van der Waals surface area contributed by atoms with Crippen molar-refractivity contribution in [3.8, 4) is 5.69 Å². The number of fused-ring (bicyclic) bond motifs is 2. The van der Waals surface area contributed by atoms with E-state index in [-0.39, 0.29) is 15.7 Å². The van der Waals surface area contributed by atoms with Gasteiger partial charge in [0.25, 0.3) is 0 Å². The summed E-state index contributed by atoms with van der Waals surface area (Å²) in [5.41, 5.74) is -3.01. The average Bonchev–Trinajstić information content (AvgIpc) is 3.30. The molecule has 0 radical (unpaired) electrons. The number of halogens is 3. The molecule has 2 N–H and O–H groups in total. The predicted octanol–water partition coefficient (Wildman–Crippen LogP) is 4.89. The molecule has 1 heterocycles. The number of rotatable bonds is 5. The van der Waals surface area contributed by atoms with Gasteiger partial charge in [-0.2, -0.15) is 18.3 Å². The van der Waals surface area contributed by atoms with Gasteiger partial charge in [-0.25, -0.2) is 17.8 Å². The van der Waals surface area contributed by atoms with E-state index in [2.05, 4.69) is 9.82 Å². The molecule has 1 unspecified atom stereocenters. The van der Waals surface area contributed by atoms with E-state index in [9.17, 15) is 26.7 Å². The first-order valence-electron chi connectivity index (χ1n) is 10.9. The van der Waals surface area contributed by atoms with Gasteiger partial charge in [0.1, 0.15) is 0 Å². The van der Waals surface area contributed by atoms with Gasteiger partial charge < -0.3 is 5.11 Å². The minimum absolute atomic E-state index is 0.0336. The van der Waals surface area contributed by atoms with Crippen molar-refractivity contribution in [1.29, 1.82) is 0 Å². The van der Waals surface area contributed by atoms with Gasteiger partial charge in [0.05, 0.1) is 22.3 Å². The molecule has 0 aliphatic carbocycles. The first-order valence-corrected chi connectivity index (χ1v) is 12.3. The highest BCUT2D eigenvalue weighted by Crippen LogP contribution is 2.47. The number of hydrogen-bond donors (Lipinski definition) is 2. The maximum atomic E-state index is 14.7. The SMILES string of the molecule is CNS(=O)(=O)c1ccc(C(O)(c2ccc3c(cnn3-c3ccccc3)c2)C(F)(F)F)c2ccccc12. The zero-order valence-corrected chi connectivity index (χ0v) is 19.7. The number of nitrogens with one attached hydrogen (secondary N) is 1.